The maximum absolute atomic E-state index is 13.9. The first-order chi connectivity index (χ1) is 15.4. The molecule has 2 aliphatic rings. The van der Waals surface area contributed by atoms with Crippen LogP contribution in [-0.4, -0.2) is 27.7 Å². The van der Waals surface area contributed by atoms with Gasteiger partial charge in [-0.25, -0.2) is 0 Å². The minimum Gasteiger partial charge on any atom is -0.491 e. The van der Waals surface area contributed by atoms with Crippen molar-refractivity contribution in [1.82, 2.24) is 15.2 Å². The molecule has 6 nitrogen and oxygen atoms in total. The molecule has 4 heterocycles. The van der Waals surface area contributed by atoms with Crippen LogP contribution < -0.4 is 9.64 Å². The quantitative estimate of drug-likeness (QED) is 0.511. The number of alkyl halides is 3. The molecule has 1 atom stereocenters. The molecule has 1 amide bonds. The Kier molecular flexibility index (Phi) is 3.72. The normalized spacial score (nSPS) is 19.5. The summed E-state index contributed by atoms with van der Waals surface area (Å²) in [7, 11) is 0. The van der Waals surface area contributed by atoms with Crippen LogP contribution in [0.1, 0.15) is 22.4 Å². The standard InChI is InChI=1S/C23H15F3N4O2/c24-23(25,26)14-5-3-7-27-18(14)11-30-19-6-2-1-4-15(19)22(21(30)31)12-32-20-9-17-13(8-16(20)22)10-28-29-17/h1-10H,11-12H2,(H,28,29)/t22-/m1/s1. The zero-order valence-corrected chi connectivity index (χ0v) is 16.5. The van der Waals surface area contributed by atoms with E-state index < -0.39 is 17.2 Å². The van der Waals surface area contributed by atoms with Crippen LogP contribution in [0.4, 0.5) is 18.9 Å². The van der Waals surface area contributed by atoms with Crippen molar-refractivity contribution in [3.63, 3.8) is 0 Å². The number of pyridine rings is 1. The minimum absolute atomic E-state index is 0.0725. The maximum atomic E-state index is 13.9. The van der Waals surface area contributed by atoms with Crippen LogP contribution in [0.5, 0.6) is 5.75 Å². The smallest absolute Gasteiger partial charge is 0.418 e. The number of hydrogen-bond acceptors (Lipinski definition) is 4. The van der Waals surface area contributed by atoms with E-state index in [1.807, 2.05) is 18.2 Å². The highest BCUT2D eigenvalue weighted by molar-refractivity contribution is 6.12. The van der Waals surface area contributed by atoms with Crippen molar-refractivity contribution in [3.8, 4) is 5.75 Å². The van der Waals surface area contributed by atoms with Crippen LogP contribution in [0.15, 0.2) is 60.9 Å². The summed E-state index contributed by atoms with van der Waals surface area (Å²) in [6.07, 6.45) is -1.61. The number of H-pyrrole nitrogens is 1. The number of rotatable bonds is 2. The summed E-state index contributed by atoms with van der Waals surface area (Å²) in [5.74, 6) is 0.222. The number of carbonyl (C=O) groups excluding carboxylic acids is 1. The molecule has 1 spiro atoms. The van der Waals surface area contributed by atoms with E-state index in [4.69, 9.17) is 4.74 Å². The maximum Gasteiger partial charge on any atom is 0.418 e. The van der Waals surface area contributed by atoms with Gasteiger partial charge in [-0.1, -0.05) is 18.2 Å². The van der Waals surface area contributed by atoms with Gasteiger partial charge in [0.15, 0.2) is 0 Å². The van der Waals surface area contributed by atoms with Gasteiger partial charge >= 0.3 is 6.18 Å². The van der Waals surface area contributed by atoms with Crippen molar-refractivity contribution in [3.05, 3.63) is 83.3 Å². The van der Waals surface area contributed by atoms with Crippen molar-refractivity contribution in [2.24, 2.45) is 0 Å². The number of aromatic amines is 1. The molecule has 0 radical (unpaired) electrons. The van der Waals surface area contributed by atoms with Gasteiger partial charge in [0, 0.05) is 28.9 Å². The lowest BCUT2D eigenvalue weighted by molar-refractivity contribution is -0.138. The second kappa shape index (κ2) is 6.32. The molecule has 0 unspecified atom stereocenters. The number of amides is 1. The van der Waals surface area contributed by atoms with Crippen LogP contribution >= 0.6 is 0 Å². The first-order valence-electron chi connectivity index (χ1n) is 9.92. The highest BCUT2D eigenvalue weighted by Gasteiger charge is 2.57. The molecular formula is C23H15F3N4O2. The minimum atomic E-state index is -4.57. The molecule has 9 heteroatoms. The topological polar surface area (TPSA) is 71.1 Å². The van der Waals surface area contributed by atoms with E-state index >= 15 is 0 Å². The number of aromatic nitrogens is 3. The third-order valence-corrected chi connectivity index (χ3v) is 6.21. The van der Waals surface area contributed by atoms with Gasteiger partial charge in [-0.3, -0.25) is 14.9 Å². The molecule has 32 heavy (non-hydrogen) atoms. The molecule has 4 aromatic rings. The number of halogens is 3. The Hall–Kier alpha value is -3.88. The third kappa shape index (κ3) is 2.44. The number of nitrogens with zero attached hydrogens (tertiary/aromatic N) is 3. The molecule has 1 N–H and O–H groups in total. The Balaban J connectivity index is 1.51. The number of para-hydroxylation sites is 1. The number of carbonyl (C=O) groups is 1. The van der Waals surface area contributed by atoms with E-state index in [0.717, 1.165) is 17.0 Å². The van der Waals surface area contributed by atoms with Crippen LogP contribution in [0.25, 0.3) is 10.9 Å². The van der Waals surface area contributed by atoms with E-state index in [2.05, 4.69) is 15.2 Å². The van der Waals surface area contributed by atoms with Gasteiger partial charge in [0.05, 0.1) is 29.5 Å². The molecule has 2 aliphatic heterocycles. The molecule has 0 bridgehead atoms. The van der Waals surface area contributed by atoms with Gasteiger partial charge in [0.25, 0.3) is 0 Å². The second-order valence-corrected chi connectivity index (χ2v) is 7.90. The first-order valence-corrected chi connectivity index (χ1v) is 9.92. The first kappa shape index (κ1) is 18.9. The summed E-state index contributed by atoms with van der Waals surface area (Å²) in [6, 6.07) is 13.0. The average molecular weight is 436 g/mol. The Labute approximate surface area is 179 Å². The van der Waals surface area contributed by atoms with Crippen molar-refractivity contribution >= 4 is 22.5 Å². The number of ether oxygens (including phenoxy) is 1. The van der Waals surface area contributed by atoms with Gasteiger partial charge < -0.3 is 9.64 Å². The predicted molar refractivity (Wildman–Crippen MR) is 109 cm³/mol. The number of benzene rings is 2. The lowest BCUT2D eigenvalue weighted by Gasteiger charge is -2.23. The van der Waals surface area contributed by atoms with Gasteiger partial charge in [0.1, 0.15) is 17.8 Å². The highest BCUT2D eigenvalue weighted by atomic mass is 19.4. The summed E-state index contributed by atoms with van der Waals surface area (Å²) in [5, 5.41) is 7.73. The van der Waals surface area contributed by atoms with E-state index in [1.54, 1.807) is 24.4 Å². The number of nitrogens with one attached hydrogen (secondary N) is 1. The summed E-state index contributed by atoms with van der Waals surface area (Å²) >= 11 is 0. The molecule has 6 rings (SSSR count). The third-order valence-electron chi connectivity index (χ3n) is 6.21. The van der Waals surface area contributed by atoms with Crippen LogP contribution in [-0.2, 0) is 22.9 Å². The molecule has 0 aliphatic carbocycles. The van der Waals surface area contributed by atoms with E-state index in [9.17, 15) is 18.0 Å². The van der Waals surface area contributed by atoms with Crippen molar-refractivity contribution in [2.75, 3.05) is 11.5 Å². The van der Waals surface area contributed by atoms with Gasteiger partial charge in [-0.15, -0.1) is 0 Å². The fourth-order valence-electron chi connectivity index (χ4n) is 4.74. The monoisotopic (exact) mass is 436 g/mol. The lowest BCUT2D eigenvalue weighted by Crippen LogP contribution is -2.42. The van der Waals surface area contributed by atoms with Crippen molar-refractivity contribution in [1.29, 1.82) is 0 Å². The average Bonchev–Trinajstić information content (AvgIpc) is 3.45. The Morgan fingerprint density at radius 3 is 2.81 bits per heavy atom. The molecule has 2 aromatic heterocycles. The summed E-state index contributed by atoms with van der Waals surface area (Å²) in [5.41, 5.74) is 0.531. The predicted octanol–water partition coefficient (Wildman–Crippen LogP) is 4.20. The molecule has 160 valence electrons. The van der Waals surface area contributed by atoms with Crippen LogP contribution in [0.2, 0.25) is 0 Å². The van der Waals surface area contributed by atoms with E-state index in [-0.39, 0.29) is 24.8 Å². The zero-order chi connectivity index (χ0) is 22.1. The van der Waals surface area contributed by atoms with Gasteiger partial charge in [0.2, 0.25) is 5.91 Å². The molecule has 2 aromatic carbocycles. The Morgan fingerprint density at radius 2 is 1.97 bits per heavy atom. The Morgan fingerprint density at radius 1 is 1.12 bits per heavy atom. The summed E-state index contributed by atoms with van der Waals surface area (Å²) in [4.78, 5) is 19.2. The number of hydrogen-bond donors (Lipinski definition) is 1. The molecule has 0 saturated heterocycles. The summed E-state index contributed by atoms with van der Waals surface area (Å²) in [6.45, 7) is -0.223. The van der Waals surface area contributed by atoms with Crippen LogP contribution in [0, 0.1) is 0 Å². The van der Waals surface area contributed by atoms with Crippen LogP contribution in [0.3, 0.4) is 0 Å². The number of fused-ring (bicyclic) bond motifs is 5. The second-order valence-electron chi connectivity index (χ2n) is 7.90. The SMILES string of the molecule is O=C1N(Cc2ncccc2C(F)(F)F)c2ccccc2[C@@]12COc1cc3[nH]ncc3cc12. The Bertz CT molecular complexity index is 1400. The molecule has 0 saturated carbocycles. The fourth-order valence-corrected chi connectivity index (χ4v) is 4.74. The van der Waals surface area contributed by atoms with Crippen molar-refractivity contribution in [2.45, 2.75) is 18.1 Å². The van der Waals surface area contributed by atoms with Gasteiger partial charge in [-0.2, -0.15) is 18.3 Å². The molecule has 0 fully saturated rings. The largest absolute Gasteiger partial charge is 0.491 e. The lowest BCUT2D eigenvalue weighted by atomic mass is 9.77. The fraction of sp³-hybridized carbons (Fsp3) is 0.174. The van der Waals surface area contributed by atoms with Crippen molar-refractivity contribution < 1.29 is 22.7 Å². The highest BCUT2D eigenvalue weighted by Crippen LogP contribution is 2.53. The van der Waals surface area contributed by atoms with E-state index in [1.165, 1.54) is 17.2 Å². The zero-order valence-electron chi connectivity index (χ0n) is 16.5. The van der Waals surface area contributed by atoms with Gasteiger partial charge in [-0.05, 0) is 29.8 Å². The molecular weight excluding hydrogens is 421 g/mol. The number of anilines is 1. The summed E-state index contributed by atoms with van der Waals surface area (Å²) < 4.78 is 46.6. The van der Waals surface area contributed by atoms with E-state index in [0.29, 0.717) is 22.6 Å².